The van der Waals surface area contributed by atoms with Crippen LogP contribution in [-0.4, -0.2) is 14.6 Å². The van der Waals surface area contributed by atoms with Crippen LogP contribution < -0.4 is 0 Å². The zero-order chi connectivity index (χ0) is 26.2. The highest BCUT2D eigenvalue weighted by Crippen LogP contribution is 2.41. The molecule has 0 spiro atoms. The summed E-state index contributed by atoms with van der Waals surface area (Å²) in [4.78, 5) is 5.19. The number of aromatic nitrogens is 3. The van der Waals surface area contributed by atoms with E-state index in [-0.39, 0.29) is 0 Å². The molecule has 5 aromatic carbocycles. The number of nitrogens with zero attached hydrogens (tertiary/aromatic N) is 3. The standard InChI is InChI=1S/C36H21N3O/c1-4-10-30-25(7-1)27-18-19-28-26-8-3-6-12-33(26)40-36(28)34(27)35(37-30)23-15-13-22(14-16-23)24-17-20-32-29-9-2-5-11-31(29)38-39(32)21-24/h1-21H. The second-order valence-electron chi connectivity index (χ2n) is 10.3. The highest BCUT2D eigenvalue weighted by molar-refractivity contribution is 6.23. The van der Waals surface area contributed by atoms with E-state index >= 15 is 0 Å². The van der Waals surface area contributed by atoms with E-state index in [0.717, 1.165) is 82.4 Å². The minimum atomic E-state index is 0.882. The van der Waals surface area contributed by atoms with Crippen molar-refractivity contribution in [3.8, 4) is 22.4 Å². The van der Waals surface area contributed by atoms with Crippen LogP contribution in [0.15, 0.2) is 132 Å². The van der Waals surface area contributed by atoms with Crippen LogP contribution in [0.3, 0.4) is 0 Å². The quantitative estimate of drug-likeness (QED) is 0.217. The third-order valence-corrected chi connectivity index (χ3v) is 8.03. The van der Waals surface area contributed by atoms with Gasteiger partial charge in [0.25, 0.3) is 0 Å². The molecular weight excluding hydrogens is 490 g/mol. The van der Waals surface area contributed by atoms with Gasteiger partial charge in [0, 0.05) is 38.9 Å². The van der Waals surface area contributed by atoms with Crippen molar-refractivity contribution >= 4 is 60.0 Å². The smallest absolute Gasteiger partial charge is 0.145 e. The van der Waals surface area contributed by atoms with Gasteiger partial charge in [-0.05, 0) is 41.3 Å². The van der Waals surface area contributed by atoms with Gasteiger partial charge in [0.1, 0.15) is 11.2 Å². The average Bonchev–Trinajstić information content (AvgIpc) is 3.58. The summed E-state index contributed by atoms with van der Waals surface area (Å²) in [7, 11) is 0. The normalized spacial score (nSPS) is 12.0. The Hall–Kier alpha value is -5.48. The van der Waals surface area contributed by atoms with Crippen molar-refractivity contribution in [2.75, 3.05) is 0 Å². The van der Waals surface area contributed by atoms with Gasteiger partial charge >= 0.3 is 0 Å². The van der Waals surface area contributed by atoms with E-state index in [0.29, 0.717) is 0 Å². The molecule has 0 amide bonds. The molecule has 0 fully saturated rings. The number of furan rings is 1. The number of para-hydroxylation sites is 2. The summed E-state index contributed by atoms with van der Waals surface area (Å²) in [5, 5.41) is 11.5. The van der Waals surface area contributed by atoms with Crippen molar-refractivity contribution in [3.05, 3.63) is 128 Å². The van der Waals surface area contributed by atoms with Gasteiger partial charge in [0.15, 0.2) is 0 Å². The highest BCUT2D eigenvalue weighted by Gasteiger charge is 2.18. The van der Waals surface area contributed by atoms with Crippen molar-refractivity contribution in [1.29, 1.82) is 0 Å². The first kappa shape index (κ1) is 21.5. The van der Waals surface area contributed by atoms with E-state index in [2.05, 4.69) is 103 Å². The first-order chi connectivity index (χ1) is 19.8. The number of hydrogen-bond acceptors (Lipinski definition) is 3. The summed E-state index contributed by atoms with van der Waals surface area (Å²) >= 11 is 0. The van der Waals surface area contributed by atoms with Crippen LogP contribution >= 0.6 is 0 Å². The molecule has 0 saturated heterocycles. The van der Waals surface area contributed by atoms with E-state index in [9.17, 15) is 0 Å². The van der Waals surface area contributed by atoms with Crippen LogP contribution in [0.25, 0.3) is 82.4 Å². The largest absolute Gasteiger partial charge is 0.455 e. The maximum Gasteiger partial charge on any atom is 0.145 e. The summed E-state index contributed by atoms with van der Waals surface area (Å²) in [5.41, 5.74) is 9.08. The van der Waals surface area contributed by atoms with Crippen LogP contribution in [0.5, 0.6) is 0 Å². The molecule has 0 aliphatic carbocycles. The van der Waals surface area contributed by atoms with Gasteiger partial charge in [-0.2, -0.15) is 5.10 Å². The second kappa shape index (κ2) is 8.01. The van der Waals surface area contributed by atoms with Crippen LogP contribution in [0.2, 0.25) is 0 Å². The maximum atomic E-state index is 6.49. The van der Waals surface area contributed by atoms with Crippen molar-refractivity contribution in [2.24, 2.45) is 0 Å². The molecule has 0 bridgehead atoms. The molecule has 9 rings (SSSR count). The molecule has 186 valence electrons. The van der Waals surface area contributed by atoms with Gasteiger partial charge in [0.05, 0.1) is 27.6 Å². The van der Waals surface area contributed by atoms with Crippen LogP contribution in [0.1, 0.15) is 0 Å². The molecule has 40 heavy (non-hydrogen) atoms. The monoisotopic (exact) mass is 511 g/mol. The number of hydrogen-bond donors (Lipinski definition) is 0. The Labute approximate surface area is 228 Å². The molecule has 4 heteroatoms. The van der Waals surface area contributed by atoms with Gasteiger partial charge < -0.3 is 4.42 Å². The maximum absolute atomic E-state index is 6.49. The van der Waals surface area contributed by atoms with E-state index in [1.165, 1.54) is 0 Å². The molecular formula is C36H21N3O. The molecule has 9 aromatic rings. The van der Waals surface area contributed by atoms with Crippen molar-refractivity contribution in [2.45, 2.75) is 0 Å². The molecule has 0 saturated carbocycles. The molecule has 0 radical (unpaired) electrons. The Morgan fingerprint density at radius 2 is 1.18 bits per heavy atom. The SMILES string of the molecule is c1ccc2c(c1)nc(-c1ccc(-c3ccc4c5ccccc5nn4c3)cc1)c1c2ccc2c3ccccc3oc21. The van der Waals surface area contributed by atoms with Gasteiger partial charge in [0.2, 0.25) is 0 Å². The zero-order valence-electron chi connectivity index (χ0n) is 21.4. The minimum Gasteiger partial charge on any atom is -0.455 e. The predicted octanol–water partition coefficient (Wildman–Crippen LogP) is 9.42. The fourth-order valence-corrected chi connectivity index (χ4v) is 6.10. The van der Waals surface area contributed by atoms with Crippen molar-refractivity contribution < 1.29 is 4.42 Å². The lowest BCUT2D eigenvalue weighted by atomic mass is 9.96. The van der Waals surface area contributed by atoms with Gasteiger partial charge in [-0.15, -0.1) is 0 Å². The first-order valence-electron chi connectivity index (χ1n) is 13.4. The Morgan fingerprint density at radius 1 is 0.500 bits per heavy atom. The summed E-state index contributed by atoms with van der Waals surface area (Å²) < 4.78 is 8.46. The number of rotatable bonds is 2. The van der Waals surface area contributed by atoms with Crippen LogP contribution in [0, 0.1) is 0 Å². The van der Waals surface area contributed by atoms with E-state index in [1.54, 1.807) is 0 Å². The number of fused-ring (bicyclic) bond motifs is 10. The lowest BCUT2D eigenvalue weighted by molar-refractivity contribution is 0.672. The molecule has 0 aliphatic rings. The Morgan fingerprint density at radius 3 is 2.05 bits per heavy atom. The van der Waals surface area contributed by atoms with E-state index in [4.69, 9.17) is 14.5 Å². The molecule has 0 N–H and O–H groups in total. The number of benzene rings is 5. The van der Waals surface area contributed by atoms with Gasteiger partial charge in [-0.25, -0.2) is 9.50 Å². The molecule has 0 aliphatic heterocycles. The minimum absolute atomic E-state index is 0.882. The summed E-state index contributed by atoms with van der Waals surface area (Å²) in [6, 6.07) is 42.2. The zero-order valence-corrected chi connectivity index (χ0v) is 21.4. The Bertz CT molecular complexity index is 2430. The van der Waals surface area contributed by atoms with Crippen molar-refractivity contribution in [1.82, 2.24) is 14.6 Å². The van der Waals surface area contributed by atoms with Gasteiger partial charge in [-0.1, -0.05) is 91.0 Å². The fraction of sp³-hybridized carbons (Fsp3) is 0. The van der Waals surface area contributed by atoms with E-state index < -0.39 is 0 Å². The highest BCUT2D eigenvalue weighted by atomic mass is 16.3. The lowest BCUT2D eigenvalue weighted by Crippen LogP contribution is -1.91. The van der Waals surface area contributed by atoms with Gasteiger partial charge in [-0.3, -0.25) is 0 Å². The second-order valence-corrected chi connectivity index (χ2v) is 10.3. The summed E-state index contributed by atoms with van der Waals surface area (Å²) in [6.07, 6.45) is 2.10. The first-order valence-corrected chi connectivity index (χ1v) is 13.4. The lowest BCUT2D eigenvalue weighted by Gasteiger charge is -2.11. The Balaban J connectivity index is 1.25. The topological polar surface area (TPSA) is 43.3 Å². The fourth-order valence-electron chi connectivity index (χ4n) is 6.10. The molecule has 4 nitrogen and oxygen atoms in total. The third kappa shape index (κ3) is 3.01. The van der Waals surface area contributed by atoms with Crippen molar-refractivity contribution in [3.63, 3.8) is 0 Å². The predicted molar refractivity (Wildman–Crippen MR) is 164 cm³/mol. The molecule has 0 unspecified atom stereocenters. The summed E-state index contributed by atoms with van der Waals surface area (Å²) in [5.74, 6) is 0. The number of pyridine rings is 2. The van der Waals surface area contributed by atoms with Crippen LogP contribution in [0.4, 0.5) is 0 Å². The average molecular weight is 512 g/mol. The molecule has 4 aromatic heterocycles. The van der Waals surface area contributed by atoms with Crippen LogP contribution in [-0.2, 0) is 0 Å². The Kier molecular flexibility index (Phi) is 4.30. The van der Waals surface area contributed by atoms with E-state index in [1.807, 2.05) is 28.8 Å². The third-order valence-electron chi connectivity index (χ3n) is 8.03. The summed E-state index contributed by atoms with van der Waals surface area (Å²) in [6.45, 7) is 0. The molecule has 4 heterocycles. The molecule has 0 atom stereocenters.